The molecule has 1 fully saturated rings. The molecule has 1 rings (SSSR count). The summed E-state index contributed by atoms with van der Waals surface area (Å²) >= 11 is 1.94. The van der Waals surface area contributed by atoms with Gasteiger partial charge in [0, 0.05) is 22.4 Å². The highest BCUT2D eigenvalue weighted by atomic mass is 79.9. The quantitative estimate of drug-likeness (QED) is 0.554. The summed E-state index contributed by atoms with van der Waals surface area (Å²) in [5, 5.41) is 8.47. The Labute approximate surface area is 84.2 Å². The lowest BCUT2D eigenvalue weighted by molar-refractivity contribution is -0.133. The van der Waals surface area contributed by atoms with Crippen molar-refractivity contribution in [2.75, 3.05) is 28.8 Å². The van der Waals surface area contributed by atoms with Gasteiger partial charge in [-0.25, -0.2) is 4.79 Å². The van der Waals surface area contributed by atoms with E-state index in [9.17, 15) is 4.79 Å². The predicted octanol–water partition coefficient (Wildman–Crippen LogP) is -2.56. The van der Waals surface area contributed by atoms with Crippen molar-refractivity contribution in [1.82, 2.24) is 0 Å². The first-order valence-electron chi connectivity index (χ1n) is 3.22. The topological polar surface area (TPSA) is 37.3 Å². The zero-order chi connectivity index (χ0) is 7.40. The average Bonchev–Trinajstić information content (AvgIpc) is 1.88. The molecule has 11 heavy (non-hydrogen) atoms. The van der Waals surface area contributed by atoms with Gasteiger partial charge in [0.05, 0.1) is 0 Å². The molecule has 0 amide bonds. The molecule has 1 N–H and O–H groups in total. The third-order valence-electron chi connectivity index (χ3n) is 1.36. The molecule has 1 aliphatic heterocycles. The van der Waals surface area contributed by atoms with Crippen LogP contribution in [0.25, 0.3) is 0 Å². The lowest BCUT2D eigenvalue weighted by Gasteiger charge is -2.10. The van der Waals surface area contributed by atoms with Crippen LogP contribution in [0.15, 0.2) is 0 Å². The van der Waals surface area contributed by atoms with Crippen molar-refractivity contribution in [3.8, 4) is 0 Å². The summed E-state index contributed by atoms with van der Waals surface area (Å²) in [5.74, 6) is 4.34. The number of rotatable bonds is 2. The average molecular weight is 259 g/mol. The van der Waals surface area contributed by atoms with Crippen molar-refractivity contribution in [2.24, 2.45) is 0 Å². The third-order valence-corrected chi connectivity index (χ3v) is 5.08. The Morgan fingerprint density at radius 2 is 2.00 bits per heavy atom. The van der Waals surface area contributed by atoms with E-state index < -0.39 is 5.97 Å². The van der Waals surface area contributed by atoms with E-state index in [1.54, 1.807) is 0 Å². The molecule has 1 aliphatic rings. The van der Waals surface area contributed by atoms with Crippen molar-refractivity contribution in [3.05, 3.63) is 0 Å². The van der Waals surface area contributed by atoms with Crippen molar-refractivity contribution in [3.63, 3.8) is 0 Å². The van der Waals surface area contributed by atoms with Crippen LogP contribution < -0.4 is 17.0 Å². The van der Waals surface area contributed by atoms with Gasteiger partial charge in [-0.15, -0.1) is 0 Å². The Bertz CT molecular complexity index is 126. The van der Waals surface area contributed by atoms with Crippen molar-refractivity contribution >= 4 is 28.6 Å². The summed E-state index contributed by atoms with van der Waals surface area (Å²) in [5.41, 5.74) is 0. The van der Waals surface area contributed by atoms with Gasteiger partial charge in [-0.2, -0.15) is 11.8 Å². The Morgan fingerprint density at radius 3 is 2.45 bits per heavy atom. The number of hydrogen-bond acceptors (Lipinski definition) is 2. The monoisotopic (exact) mass is 258 g/mol. The normalized spacial score (nSPS) is 18.9. The molecule has 0 radical (unpaired) electrons. The van der Waals surface area contributed by atoms with Crippen LogP contribution in [-0.2, 0) is 15.7 Å². The highest BCUT2D eigenvalue weighted by Crippen LogP contribution is 2.13. The summed E-state index contributed by atoms with van der Waals surface area (Å²) in [4.78, 5) is 10.3. The van der Waals surface area contributed by atoms with Crippen LogP contribution >= 0.6 is 11.8 Å². The second kappa shape index (κ2) is 6.20. The van der Waals surface area contributed by atoms with E-state index >= 15 is 0 Å². The minimum atomic E-state index is -0.629. The van der Waals surface area contributed by atoms with Gasteiger partial charge in [-0.05, 0) is 0 Å². The number of aliphatic carboxylic acids is 1. The first-order valence-corrected chi connectivity index (χ1v) is 6.11. The third kappa shape index (κ3) is 4.98. The van der Waals surface area contributed by atoms with E-state index in [-0.39, 0.29) is 27.9 Å². The summed E-state index contributed by atoms with van der Waals surface area (Å²) in [7, 11) is 0.205. The van der Waals surface area contributed by atoms with Gasteiger partial charge >= 0.3 is 5.97 Å². The summed E-state index contributed by atoms with van der Waals surface area (Å²) < 4.78 is 0. The maximum atomic E-state index is 10.3. The van der Waals surface area contributed by atoms with Crippen LogP contribution in [0.2, 0.25) is 0 Å². The molecular weight excluding hydrogens is 248 g/mol. The van der Waals surface area contributed by atoms with E-state index in [0.717, 1.165) is 23.0 Å². The highest BCUT2D eigenvalue weighted by molar-refractivity contribution is 8.05. The van der Waals surface area contributed by atoms with Crippen LogP contribution in [0.5, 0.6) is 0 Å². The maximum Gasteiger partial charge on any atom is 0.353 e. The fourth-order valence-electron chi connectivity index (χ4n) is 0.877. The minimum absolute atomic E-state index is 0. The summed E-state index contributed by atoms with van der Waals surface area (Å²) in [6, 6.07) is 0. The molecule has 2 nitrogen and oxygen atoms in total. The first kappa shape index (κ1) is 11.6. The van der Waals surface area contributed by atoms with Crippen LogP contribution in [0.4, 0.5) is 0 Å². The molecule has 0 saturated carbocycles. The van der Waals surface area contributed by atoms with Crippen LogP contribution in [0, 0.1) is 0 Å². The van der Waals surface area contributed by atoms with E-state index in [2.05, 4.69) is 0 Å². The predicted molar refractivity (Wildman–Crippen MR) is 46.9 cm³/mol. The number of halogens is 1. The largest absolute Gasteiger partial charge is 1.00 e. The summed E-state index contributed by atoms with van der Waals surface area (Å²) in [6.07, 6.45) is 0. The first-order chi connectivity index (χ1) is 4.79. The Balaban J connectivity index is 0.000001000. The van der Waals surface area contributed by atoms with Crippen molar-refractivity contribution < 1.29 is 26.9 Å². The number of carboxylic acid groups (broad SMARTS) is 1. The Morgan fingerprint density at radius 1 is 1.45 bits per heavy atom. The van der Waals surface area contributed by atoms with Crippen LogP contribution in [0.1, 0.15) is 0 Å². The van der Waals surface area contributed by atoms with E-state index in [1.165, 1.54) is 0 Å². The zero-order valence-electron chi connectivity index (χ0n) is 6.09. The van der Waals surface area contributed by atoms with Crippen molar-refractivity contribution in [1.29, 1.82) is 0 Å². The lowest BCUT2D eigenvalue weighted by Crippen LogP contribution is -3.00. The number of hydrogen-bond donors (Lipinski definition) is 1. The Hall–Kier alpha value is 0.650. The molecule has 0 aromatic rings. The van der Waals surface area contributed by atoms with E-state index in [1.807, 2.05) is 11.8 Å². The van der Waals surface area contributed by atoms with Crippen molar-refractivity contribution in [2.45, 2.75) is 0 Å². The SMILES string of the molecule is O=C(O)C[S+]1CCSCC1.[Br-]. The van der Waals surface area contributed by atoms with E-state index in [0.29, 0.717) is 5.75 Å². The van der Waals surface area contributed by atoms with Gasteiger partial charge in [0.15, 0.2) is 0 Å². The Kier molecular flexibility index (Phi) is 6.56. The second-order valence-electron chi connectivity index (χ2n) is 2.17. The lowest BCUT2D eigenvalue weighted by atomic mass is 10.8. The van der Waals surface area contributed by atoms with Gasteiger partial charge in [0.2, 0.25) is 5.75 Å². The van der Waals surface area contributed by atoms with Crippen LogP contribution in [0.3, 0.4) is 0 Å². The molecule has 0 atom stereocenters. The molecular formula is C6H11BrO2S2. The van der Waals surface area contributed by atoms with E-state index in [4.69, 9.17) is 5.11 Å². The fraction of sp³-hybridized carbons (Fsp3) is 0.833. The number of carboxylic acids is 1. The molecule has 1 saturated heterocycles. The molecule has 0 bridgehead atoms. The smallest absolute Gasteiger partial charge is 0.353 e. The summed E-state index contributed by atoms with van der Waals surface area (Å²) in [6.45, 7) is 0. The molecule has 0 spiro atoms. The minimum Gasteiger partial charge on any atom is -1.00 e. The second-order valence-corrected chi connectivity index (χ2v) is 5.73. The zero-order valence-corrected chi connectivity index (χ0v) is 9.30. The highest BCUT2D eigenvalue weighted by Gasteiger charge is 2.24. The van der Waals surface area contributed by atoms with Gasteiger partial charge < -0.3 is 22.1 Å². The van der Waals surface area contributed by atoms with Gasteiger partial charge in [0.1, 0.15) is 11.5 Å². The maximum absolute atomic E-state index is 10.3. The molecule has 0 aliphatic carbocycles. The fourth-order valence-corrected chi connectivity index (χ4v) is 4.75. The number of carbonyl (C=O) groups is 1. The molecule has 66 valence electrons. The van der Waals surface area contributed by atoms with Crippen LogP contribution in [-0.4, -0.2) is 39.8 Å². The standard InChI is InChI=1S/C6H10O2S2.BrH/c7-6(8)5-10-3-1-9-2-4-10;/h1-5H2;1H. The molecule has 1 heterocycles. The molecule has 0 aromatic heterocycles. The van der Waals surface area contributed by atoms with Gasteiger partial charge in [-0.3, -0.25) is 0 Å². The molecule has 0 aromatic carbocycles. The van der Waals surface area contributed by atoms with Gasteiger partial charge in [-0.1, -0.05) is 0 Å². The molecule has 0 unspecified atom stereocenters. The molecule has 5 heteroatoms. The number of thioether (sulfide) groups is 1. The van der Waals surface area contributed by atoms with Gasteiger partial charge in [0.25, 0.3) is 0 Å².